The van der Waals surface area contributed by atoms with Crippen LogP contribution in [0.1, 0.15) is 30.1 Å². The van der Waals surface area contributed by atoms with Crippen LogP contribution in [0, 0.1) is 0 Å². The van der Waals surface area contributed by atoms with E-state index in [-0.39, 0.29) is 5.91 Å². The lowest BCUT2D eigenvalue weighted by Gasteiger charge is -2.23. The maximum Gasteiger partial charge on any atom is 0.251 e. The molecule has 1 unspecified atom stereocenters. The van der Waals surface area contributed by atoms with Gasteiger partial charge in [0.05, 0.1) is 17.4 Å². The van der Waals surface area contributed by atoms with Crippen molar-refractivity contribution in [3.05, 3.63) is 30.1 Å². The Bertz CT molecular complexity index is 601. The highest BCUT2D eigenvalue weighted by molar-refractivity contribution is 5.97. The zero-order valence-corrected chi connectivity index (χ0v) is 11.7. The van der Waals surface area contributed by atoms with Gasteiger partial charge in [0.2, 0.25) is 0 Å². The highest BCUT2D eigenvalue weighted by Crippen LogP contribution is 2.13. The maximum absolute atomic E-state index is 12.2. The number of nitrogens with one attached hydrogen (secondary N) is 2. The molecule has 2 aromatic rings. The molecule has 3 rings (SSSR count). The lowest BCUT2D eigenvalue weighted by Crippen LogP contribution is -2.40. The number of fused-ring (bicyclic) bond motifs is 1. The van der Waals surface area contributed by atoms with E-state index in [0.29, 0.717) is 18.2 Å². The summed E-state index contributed by atoms with van der Waals surface area (Å²) < 4.78 is 0. The first-order chi connectivity index (χ1) is 9.74. The van der Waals surface area contributed by atoms with Crippen molar-refractivity contribution >= 4 is 16.9 Å². The number of aromatic nitrogens is 2. The van der Waals surface area contributed by atoms with Crippen LogP contribution >= 0.6 is 0 Å². The lowest BCUT2D eigenvalue weighted by molar-refractivity contribution is 0.0940. The zero-order chi connectivity index (χ0) is 13.9. The number of carbonyl (C=O) groups excluding carboxylic acids is 1. The molecule has 1 saturated heterocycles. The molecule has 2 N–H and O–H groups in total. The second-order valence-corrected chi connectivity index (χ2v) is 5.44. The topological polar surface area (TPSA) is 61.0 Å². The van der Waals surface area contributed by atoms with Gasteiger partial charge in [0.15, 0.2) is 0 Å². The molecule has 0 bridgehead atoms. The molecule has 1 amide bonds. The minimum Gasteiger partial charge on any atom is -0.350 e. The van der Waals surface area contributed by atoms with Crippen LogP contribution in [0.3, 0.4) is 0 Å². The Morgan fingerprint density at radius 1 is 1.45 bits per heavy atom. The van der Waals surface area contributed by atoms with E-state index >= 15 is 0 Å². The molecular formula is C15H20N4O. The summed E-state index contributed by atoms with van der Waals surface area (Å²) in [4.78, 5) is 21.8. The molecule has 0 spiro atoms. The van der Waals surface area contributed by atoms with Gasteiger partial charge in [-0.3, -0.25) is 9.69 Å². The van der Waals surface area contributed by atoms with Gasteiger partial charge in [-0.1, -0.05) is 0 Å². The third-order valence-corrected chi connectivity index (χ3v) is 4.00. The fraction of sp³-hybridized carbons (Fsp3) is 0.467. The van der Waals surface area contributed by atoms with E-state index < -0.39 is 0 Å². The molecule has 1 atom stereocenters. The molecule has 20 heavy (non-hydrogen) atoms. The second kappa shape index (κ2) is 5.63. The Kier molecular flexibility index (Phi) is 3.69. The molecule has 1 aliphatic heterocycles. The van der Waals surface area contributed by atoms with Gasteiger partial charge in [0.25, 0.3) is 5.91 Å². The van der Waals surface area contributed by atoms with E-state index in [9.17, 15) is 4.79 Å². The van der Waals surface area contributed by atoms with Gasteiger partial charge < -0.3 is 10.3 Å². The van der Waals surface area contributed by atoms with Crippen LogP contribution in [0.4, 0.5) is 0 Å². The predicted molar refractivity (Wildman–Crippen MR) is 78.7 cm³/mol. The van der Waals surface area contributed by atoms with Crippen LogP contribution in [-0.2, 0) is 0 Å². The van der Waals surface area contributed by atoms with Crippen molar-refractivity contribution in [1.29, 1.82) is 0 Å². The van der Waals surface area contributed by atoms with Gasteiger partial charge in [0.1, 0.15) is 0 Å². The number of likely N-dealkylation sites (tertiary alicyclic amines) is 1. The van der Waals surface area contributed by atoms with Gasteiger partial charge in [-0.25, -0.2) is 4.98 Å². The van der Waals surface area contributed by atoms with Crippen molar-refractivity contribution < 1.29 is 4.79 Å². The summed E-state index contributed by atoms with van der Waals surface area (Å²) in [6.07, 6.45) is 4.19. The van der Waals surface area contributed by atoms with Gasteiger partial charge in [-0.05, 0) is 51.1 Å². The molecule has 1 fully saturated rings. The molecule has 2 heterocycles. The number of benzene rings is 1. The Morgan fingerprint density at radius 2 is 2.25 bits per heavy atom. The number of imidazole rings is 1. The van der Waals surface area contributed by atoms with Gasteiger partial charge in [0, 0.05) is 18.2 Å². The summed E-state index contributed by atoms with van der Waals surface area (Å²) in [5, 5.41) is 3.02. The molecular weight excluding hydrogens is 252 g/mol. The first-order valence-corrected chi connectivity index (χ1v) is 7.19. The van der Waals surface area contributed by atoms with Crippen molar-refractivity contribution in [2.24, 2.45) is 0 Å². The van der Waals surface area contributed by atoms with Gasteiger partial charge in [-0.2, -0.15) is 0 Å². The molecule has 1 aromatic carbocycles. The number of rotatable bonds is 4. The van der Waals surface area contributed by atoms with Crippen molar-refractivity contribution in [1.82, 2.24) is 20.2 Å². The number of carbonyl (C=O) groups is 1. The number of hydrogen-bond donors (Lipinski definition) is 2. The fourth-order valence-electron chi connectivity index (χ4n) is 2.73. The van der Waals surface area contributed by atoms with Crippen LogP contribution in [-0.4, -0.2) is 46.5 Å². The average molecular weight is 272 g/mol. The molecule has 0 aliphatic carbocycles. The van der Waals surface area contributed by atoms with Crippen molar-refractivity contribution in [3.63, 3.8) is 0 Å². The standard InChI is InChI=1S/C15H20N4O/c1-11(19-6-2-3-7-19)9-16-15(20)12-4-5-13-14(8-12)18-10-17-13/h4-5,8,10-11H,2-3,6-7,9H2,1H3,(H,16,20)(H,17,18). The monoisotopic (exact) mass is 272 g/mol. The van der Waals surface area contributed by atoms with E-state index in [0.717, 1.165) is 24.1 Å². The number of aromatic amines is 1. The van der Waals surface area contributed by atoms with Crippen LogP contribution in [0.5, 0.6) is 0 Å². The average Bonchev–Trinajstić information content (AvgIpc) is 3.13. The minimum atomic E-state index is -0.0208. The molecule has 106 valence electrons. The second-order valence-electron chi connectivity index (χ2n) is 5.44. The first kappa shape index (κ1) is 13.1. The van der Waals surface area contributed by atoms with E-state index in [4.69, 9.17) is 0 Å². The first-order valence-electron chi connectivity index (χ1n) is 7.19. The summed E-state index contributed by atoms with van der Waals surface area (Å²) >= 11 is 0. The summed E-state index contributed by atoms with van der Waals surface area (Å²) in [7, 11) is 0. The Balaban J connectivity index is 1.60. The van der Waals surface area contributed by atoms with E-state index in [1.54, 1.807) is 6.33 Å². The lowest BCUT2D eigenvalue weighted by atomic mass is 10.2. The number of amides is 1. The van der Waals surface area contributed by atoms with Crippen LogP contribution in [0.15, 0.2) is 24.5 Å². The predicted octanol–water partition coefficient (Wildman–Crippen LogP) is 1.78. The summed E-state index contributed by atoms with van der Waals surface area (Å²) in [5.41, 5.74) is 2.45. The molecule has 5 nitrogen and oxygen atoms in total. The van der Waals surface area contributed by atoms with E-state index in [1.807, 2.05) is 18.2 Å². The van der Waals surface area contributed by atoms with Gasteiger partial charge >= 0.3 is 0 Å². The normalized spacial score (nSPS) is 17.4. The molecule has 0 saturated carbocycles. The number of nitrogens with zero attached hydrogens (tertiary/aromatic N) is 2. The summed E-state index contributed by atoms with van der Waals surface area (Å²) in [5.74, 6) is -0.0208. The quantitative estimate of drug-likeness (QED) is 0.892. The smallest absolute Gasteiger partial charge is 0.251 e. The van der Waals surface area contributed by atoms with Crippen molar-refractivity contribution in [2.75, 3.05) is 19.6 Å². The summed E-state index contributed by atoms with van der Waals surface area (Å²) in [6.45, 7) is 5.16. The molecule has 1 aliphatic rings. The SMILES string of the molecule is CC(CNC(=O)c1ccc2nc[nH]c2c1)N1CCCC1. The molecule has 5 heteroatoms. The Labute approximate surface area is 118 Å². The van der Waals surface area contributed by atoms with Crippen molar-refractivity contribution in [2.45, 2.75) is 25.8 Å². The minimum absolute atomic E-state index is 0.0208. The highest BCUT2D eigenvalue weighted by atomic mass is 16.1. The highest BCUT2D eigenvalue weighted by Gasteiger charge is 2.18. The Morgan fingerprint density at radius 3 is 3.05 bits per heavy atom. The fourth-order valence-corrected chi connectivity index (χ4v) is 2.73. The van der Waals surface area contributed by atoms with E-state index in [2.05, 4.69) is 27.1 Å². The largest absolute Gasteiger partial charge is 0.350 e. The molecule has 1 aromatic heterocycles. The third kappa shape index (κ3) is 2.67. The van der Waals surface area contributed by atoms with Crippen molar-refractivity contribution in [3.8, 4) is 0 Å². The number of H-pyrrole nitrogens is 1. The van der Waals surface area contributed by atoms with E-state index in [1.165, 1.54) is 12.8 Å². The van der Waals surface area contributed by atoms with Crippen LogP contribution < -0.4 is 5.32 Å². The van der Waals surface area contributed by atoms with Gasteiger partial charge in [-0.15, -0.1) is 0 Å². The molecule has 0 radical (unpaired) electrons. The zero-order valence-electron chi connectivity index (χ0n) is 11.7. The Hall–Kier alpha value is -1.88. The third-order valence-electron chi connectivity index (χ3n) is 4.00. The maximum atomic E-state index is 12.2. The summed E-state index contributed by atoms with van der Waals surface area (Å²) in [6, 6.07) is 5.93. The van der Waals surface area contributed by atoms with Crippen LogP contribution in [0.2, 0.25) is 0 Å². The van der Waals surface area contributed by atoms with Crippen LogP contribution in [0.25, 0.3) is 11.0 Å². The number of hydrogen-bond acceptors (Lipinski definition) is 3.